The second-order valence-corrected chi connectivity index (χ2v) is 4.46. The molecule has 5 heteroatoms. The first kappa shape index (κ1) is 14.2. The number of aliphatic hydroxyl groups excluding tert-OH is 1. The van der Waals surface area contributed by atoms with Crippen LogP contribution in [0.5, 0.6) is 0 Å². The zero-order valence-corrected chi connectivity index (χ0v) is 10.6. The largest absolute Gasteiger partial charge is 0.463 e. The van der Waals surface area contributed by atoms with Crippen LogP contribution in [0.25, 0.3) is 0 Å². The maximum absolute atomic E-state index is 11.3. The van der Waals surface area contributed by atoms with Gasteiger partial charge in [0.15, 0.2) is 5.79 Å². The number of aliphatic hydroxyl groups is 1. The lowest BCUT2D eigenvalue weighted by Crippen LogP contribution is -2.31. The Kier molecular flexibility index (Phi) is 4.68. The maximum Gasteiger partial charge on any atom is 0.333 e. The van der Waals surface area contributed by atoms with Crippen LogP contribution in [-0.2, 0) is 19.0 Å². The number of esters is 1. The Balaban J connectivity index is 2.42. The van der Waals surface area contributed by atoms with E-state index in [1.165, 1.54) is 0 Å². The zero-order valence-electron chi connectivity index (χ0n) is 10.6. The van der Waals surface area contributed by atoms with Gasteiger partial charge < -0.3 is 19.3 Å². The topological polar surface area (TPSA) is 65.0 Å². The maximum atomic E-state index is 11.3. The molecule has 1 rings (SSSR count). The Labute approximate surface area is 101 Å². The minimum Gasteiger partial charge on any atom is -0.463 e. The van der Waals surface area contributed by atoms with E-state index >= 15 is 0 Å². The molecule has 98 valence electrons. The number of hydrogen-bond donors (Lipinski definition) is 1. The molecule has 0 saturated carbocycles. The third kappa shape index (κ3) is 4.11. The molecule has 1 fully saturated rings. The van der Waals surface area contributed by atoms with E-state index < -0.39 is 24.0 Å². The van der Waals surface area contributed by atoms with Crippen LogP contribution in [-0.4, -0.2) is 42.3 Å². The van der Waals surface area contributed by atoms with E-state index in [2.05, 4.69) is 6.58 Å². The van der Waals surface area contributed by atoms with Crippen LogP contribution >= 0.6 is 0 Å². The Morgan fingerprint density at radius 3 is 2.76 bits per heavy atom. The highest BCUT2D eigenvalue weighted by atomic mass is 16.7. The summed E-state index contributed by atoms with van der Waals surface area (Å²) in [6.45, 7) is 9.47. The summed E-state index contributed by atoms with van der Waals surface area (Å²) in [6.07, 6.45) is -1.12. The van der Waals surface area contributed by atoms with Gasteiger partial charge in [-0.25, -0.2) is 4.79 Å². The van der Waals surface area contributed by atoms with Crippen molar-refractivity contribution in [3.8, 4) is 0 Å². The highest BCUT2D eigenvalue weighted by Gasteiger charge is 2.37. The molecule has 5 nitrogen and oxygen atoms in total. The normalized spacial score (nSPS) is 24.4. The Morgan fingerprint density at radius 2 is 2.29 bits per heavy atom. The number of rotatable bonds is 5. The number of ether oxygens (including phenoxy) is 3. The average Bonchev–Trinajstić information content (AvgIpc) is 2.59. The molecule has 17 heavy (non-hydrogen) atoms. The predicted octanol–water partition coefficient (Wildman–Crippen LogP) is 1.01. The van der Waals surface area contributed by atoms with E-state index in [-0.39, 0.29) is 12.0 Å². The summed E-state index contributed by atoms with van der Waals surface area (Å²) in [5.74, 6) is -1.17. The molecule has 0 unspecified atom stereocenters. The van der Waals surface area contributed by atoms with Crippen molar-refractivity contribution in [1.82, 2.24) is 0 Å². The summed E-state index contributed by atoms with van der Waals surface area (Å²) in [5, 5.41) is 9.90. The van der Waals surface area contributed by atoms with Gasteiger partial charge in [0.1, 0.15) is 6.10 Å². The van der Waals surface area contributed by atoms with Gasteiger partial charge in [-0.2, -0.15) is 0 Å². The fraction of sp³-hybridized carbons (Fsp3) is 0.750. The molecule has 2 atom stereocenters. The predicted molar refractivity (Wildman–Crippen MR) is 61.3 cm³/mol. The van der Waals surface area contributed by atoms with E-state index in [4.69, 9.17) is 14.2 Å². The lowest BCUT2D eigenvalue weighted by atomic mass is 10.1. The highest BCUT2D eigenvalue weighted by Crippen LogP contribution is 2.26. The van der Waals surface area contributed by atoms with Gasteiger partial charge in [0.2, 0.25) is 0 Å². The van der Waals surface area contributed by atoms with Gasteiger partial charge in [0.25, 0.3) is 0 Å². The number of carbonyl (C=O) groups is 1. The first-order chi connectivity index (χ1) is 7.85. The van der Waals surface area contributed by atoms with Crippen LogP contribution in [0, 0.1) is 0 Å². The second kappa shape index (κ2) is 5.62. The SMILES string of the molecule is C=C(C[C@H](O)[C@@H]1COC(C)(C)O1)C(=O)OCC. The first-order valence-electron chi connectivity index (χ1n) is 5.70. The monoisotopic (exact) mass is 244 g/mol. The van der Waals surface area contributed by atoms with Gasteiger partial charge in [-0.15, -0.1) is 0 Å². The molecule has 0 aromatic heterocycles. The molecule has 0 spiro atoms. The first-order valence-corrected chi connectivity index (χ1v) is 5.70. The molecule has 1 aliphatic rings. The lowest BCUT2D eigenvalue weighted by Gasteiger charge is -2.20. The van der Waals surface area contributed by atoms with Gasteiger partial charge in [-0.3, -0.25) is 0 Å². The number of hydrogen-bond acceptors (Lipinski definition) is 5. The molecule has 0 aromatic carbocycles. The highest BCUT2D eigenvalue weighted by molar-refractivity contribution is 5.87. The van der Waals surface area contributed by atoms with Crippen LogP contribution in [0.2, 0.25) is 0 Å². The summed E-state index contributed by atoms with van der Waals surface area (Å²) in [4.78, 5) is 11.3. The minimum atomic E-state index is -0.811. The molecule has 1 N–H and O–H groups in total. The van der Waals surface area contributed by atoms with E-state index in [9.17, 15) is 9.90 Å². The van der Waals surface area contributed by atoms with E-state index in [0.29, 0.717) is 13.2 Å². The van der Waals surface area contributed by atoms with Gasteiger partial charge in [-0.1, -0.05) is 6.58 Å². The van der Waals surface area contributed by atoms with Crippen LogP contribution in [0.4, 0.5) is 0 Å². The fourth-order valence-electron chi connectivity index (χ4n) is 1.61. The van der Waals surface area contributed by atoms with Crippen LogP contribution in [0.3, 0.4) is 0 Å². The quantitative estimate of drug-likeness (QED) is 0.577. The minimum absolute atomic E-state index is 0.128. The van der Waals surface area contributed by atoms with Crippen molar-refractivity contribution in [3.05, 3.63) is 12.2 Å². The zero-order chi connectivity index (χ0) is 13.1. The van der Waals surface area contributed by atoms with E-state index in [0.717, 1.165) is 0 Å². The summed E-state index contributed by atoms with van der Waals surface area (Å²) in [7, 11) is 0. The fourth-order valence-corrected chi connectivity index (χ4v) is 1.61. The molecular formula is C12H20O5. The van der Waals surface area contributed by atoms with Crippen LogP contribution in [0.1, 0.15) is 27.2 Å². The smallest absolute Gasteiger partial charge is 0.333 e. The van der Waals surface area contributed by atoms with Gasteiger partial charge in [0.05, 0.1) is 19.3 Å². The van der Waals surface area contributed by atoms with Crippen molar-refractivity contribution < 1.29 is 24.1 Å². The molecule has 1 saturated heterocycles. The van der Waals surface area contributed by atoms with Crippen molar-refractivity contribution in [3.63, 3.8) is 0 Å². The van der Waals surface area contributed by atoms with Crippen molar-refractivity contribution in [2.75, 3.05) is 13.2 Å². The number of carbonyl (C=O) groups excluding carboxylic acids is 1. The summed E-state index contributed by atoms with van der Waals surface area (Å²) < 4.78 is 15.6. The molecule has 1 aliphatic heterocycles. The third-order valence-electron chi connectivity index (χ3n) is 2.48. The Morgan fingerprint density at radius 1 is 1.65 bits per heavy atom. The molecule has 1 heterocycles. The molecule has 0 amide bonds. The molecule has 0 bridgehead atoms. The van der Waals surface area contributed by atoms with Crippen molar-refractivity contribution in [1.29, 1.82) is 0 Å². The van der Waals surface area contributed by atoms with Crippen molar-refractivity contribution in [2.24, 2.45) is 0 Å². The average molecular weight is 244 g/mol. The summed E-state index contributed by atoms with van der Waals surface area (Å²) in [5.41, 5.74) is 0.243. The van der Waals surface area contributed by atoms with Crippen molar-refractivity contribution >= 4 is 5.97 Å². The molecule has 0 radical (unpaired) electrons. The van der Waals surface area contributed by atoms with Gasteiger partial charge in [0, 0.05) is 12.0 Å². The summed E-state index contributed by atoms with van der Waals surface area (Å²) in [6, 6.07) is 0. The molecular weight excluding hydrogens is 224 g/mol. The van der Waals surface area contributed by atoms with E-state index in [1.54, 1.807) is 20.8 Å². The Hall–Kier alpha value is -0.910. The molecule has 0 aromatic rings. The third-order valence-corrected chi connectivity index (χ3v) is 2.48. The molecule has 0 aliphatic carbocycles. The van der Waals surface area contributed by atoms with E-state index in [1.807, 2.05) is 0 Å². The van der Waals surface area contributed by atoms with Crippen LogP contribution in [0.15, 0.2) is 12.2 Å². The Bertz CT molecular complexity index is 297. The van der Waals surface area contributed by atoms with Crippen LogP contribution < -0.4 is 0 Å². The van der Waals surface area contributed by atoms with Gasteiger partial charge in [-0.05, 0) is 20.8 Å². The standard InChI is InChI=1S/C12H20O5/c1-5-15-11(14)8(2)6-9(13)10-7-16-12(3,4)17-10/h9-10,13H,2,5-7H2,1,3-4H3/t9-,10-/m0/s1. The van der Waals surface area contributed by atoms with Crippen molar-refractivity contribution in [2.45, 2.75) is 45.2 Å². The van der Waals surface area contributed by atoms with Gasteiger partial charge >= 0.3 is 5.97 Å². The second-order valence-electron chi connectivity index (χ2n) is 4.46. The lowest BCUT2D eigenvalue weighted by molar-refractivity contribution is -0.151. The summed E-state index contributed by atoms with van der Waals surface area (Å²) >= 11 is 0.